The number of methoxy groups -OCH3 is 1. The maximum absolute atomic E-state index is 11.3. The molecule has 2 unspecified atom stereocenters. The second-order valence-corrected chi connectivity index (χ2v) is 3.91. The highest BCUT2D eigenvalue weighted by atomic mass is 16.5. The van der Waals surface area contributed by atoms with Gasteiger partial charge < -0.3 is 10.1 Å². The van der Waals surface area contributed by atoms with Crippen molar-refractivity contribution in [2.24, 2.45) is 5.92 Å². The zero-order valence-electron chi connectivity index (χ0n) is 9.96. The van der Waals surface area contributed by atoms with E-state index in [1.807, 2.05) is 6.92 Å². The zero-order valence-corrected chi connectivity index (χ0v) is 9.96. The first kappa shape index (κ1) is 13.4. The third-order valence-corrected chi connectivity index (χ3v) is 2.55. The predicted octanol–water partition coefficient (Wildman–Crippen LogP) is 1.96. The summed E-state index contributed by atoms with van der Waals surface area (Å²) in [5.74, 6) is 0.380. The first-order valence-electron chi connectivity index (χ1n) is 5.40. The molecule has 84 valence electrons. The minimum atomic E-state index is -0.161. The normalized spacial score (nSPS) is 15.3. The van der Waals surface area contributed by atoms with Crippen molar-refractivity contribution in [3.05, 3.63) is 0 Å². The molecule has 14 heavy (non-hydrogen) atoms. The fourth-order valence-electron chi connectivity index (χ4n) is 1.53. The Bertz CT molecular complexity index is 169. The van der Waals surface area contributed by atoms with Crippen molar-refractivity contribution in [1.82, 2.24) is 5.32 Å². The fraction of sp³-hybridized carbons (Fsp3) is 0.909. The summed E-state index contributed by atoms with van der Waals surface area (Å²) in [5.41, 5.74) is 0. The molecule has 2 atom stereocenters. The van der Waals surface area contributed by atoms with E-state index in [9.17, 15) is 4.79 Å². The van der Waals surface area contributed by atoms with Crippen molar-refractivity contribution < 1.29 is 9.53 Å². The SMILES string of the molecule is CCC(NC(CC)C(C)C)C(=O)OC. The first-order chi connectivity index (χ1) is 6.56. The van der Waals surface area contributed by atoms with Gasteiger partial charge in [0.1, 0.15) is 6.04 Å². The van der Waals surface area contributed by atoms with E-state index < -0.39 is 0 Å². The van der Waals surface area contributed by atoms with Crippen LogP contribution in [-0.2, 0) is 9.53 Å². The van der Waals surface area contributed by atoms with Crippen molar-refractivity contribution in [2.45, 2.75) is 52.6 Å². The van der Waals surface area contributed by atoms with Gasteiger partial charge in [0.2, 0.25) is 0 Å². The molecule has 3 heteroatoms. The highest BCUT2D eigenvalue weighted by Gasteiger charge is 2.21. The molecule has 0 fully saturated rings. The standard InChI is InChI=1S/C11H23NO2/c1-6-9(8(3)4)12-10(7-2)11(13)14-5/h8-10,12H,6-7H2,1-5H3. The molecule has 0 aromatic carbocycles. The summed E-state index contributed by atoms with van der Waals surface area (Å²) in [6.07, 6.45) is 1.81. The molecule has 0 aliphatic carbocycles. The smallest absolute Gasteiger partial charge is 0.322 e. The van der Waals surface area contributed by atoms with E-state index in [0.717, 1.165) is 12.8 Å². The minimum Gasteiger partial charge on any atom is -0.468 e. The van der Waals surface area contributed by atoms with Crippen LogP contribution in [0.15, 0.2) is 0 Å². The molecule has 0 aromatic heterocycles. The number of hydrogen-bond donors (Lipinski definition) is 1. The number of ether oxygens (including phenoxy) is 1. The van der Waals surface area contributed by atoms with Crippen LogP contribution in [0.5, 0.6) is 0 Å². The minimum absolute atomic E-state index is 0.160. The summed E-state index contributed by atoms with van der Waals surface area (Å²) in [7, 11) is 1.43. The molecule has 0 bridgehead atoms. The van der Waals surface area contributed by atoms with Crippen molar-refractivity contribution >= 4 is 5.97 Å². The molecule has 0 aliphatic heterocycles. The predicted molar refractivity (Wildman–Crippen MR) is 58.1 cm³/mol. The van der Waals surface area contributed by atoms with Crippen LogP contribution in [0.1, 0.15) is 40.5 Å². The Morgan fingerprint density at radius 1 is 1.29 bits per heavy atom. The number of esters is 1. The Morgan fingerprint density at radius 3 is 2.14 bits per heavy atom. The molecular formula is C11H23NO2. The molecule has 1 N–H and O–H groups in total. The molecule has 3 nitrogen and oxygen atoms in total. The van der Waals surface area contributed by atoms with Gasteiger partial charge in [-0.25, -0.2) is 0 Å². The summed E-state index contributed by atoms with van der Waals surface area (Å²) in [4.78, 5) is 11.3. The van der Waals surface area contributed by atoms with E-state index in [1.54, 1.807) is 0 Å². The van der Waals surface area contributed by atoms with Crippen molar-refractivity contribution in [1.29, 1.82) is 0 Å². The number of carbonyl (C=O) groups is 1. The lowest BCUT2D eigenvalue weighted by atomic mass is 10.0. The monoisotopic (exact) mass is 201 g/mol. The number of nitrogens with one attached hydrogen (secondary N) is 1. The lowest BCUT2D eigenvalue weighted by molar-refractivity contribution is -0.143. The van der Waals surface area contributed by atoms with Crippen LogP contribution >= 0.6 is 0 Å². The molecule has 0 radical (unpaired) electrons. The lowest BCUT2D eigenvalue weighted by Crippen LogP contribution is -2.45. The van der Waals surface area contributed by atoms with Gasteiger partial charge in [0.05, 0.1) is 7.11 Å². The highest BCUT2D eigenvalue weighted by molar-refractivity contribution is 5.75. The second-order valence-electron chi connectivity index (χ2n) is 3.91. The Balaban J connectivity index is 4.21. The lowest BCUT2D eigenvalue weighted by Gasteiger charge is -2.25. The Kier molecular flexibility index (Phi) is 6.54. The third kappa shape index (κ3) is 4.09. The highest BCUT2D eigenvalue weighted by Crippen LogP contribution is 2.08. The van der Waals surface area contributed by atoms with Crippen LogP contribution in [0.2, 0.25) is 0 Å². The molecule has 0 saturated carbocycles. The molecule has 0 heterocycles. The van der Waals surface area contributed by atoms with E-state index in [0.29, 0.717) is 12.0 Å². The Morgan fingerprint density at radius 2 is 1.86 bits per heavy atom. The number of hydrogen-bond acceptors (Lipinski definition) is 3. The Labute approximate surface area is 87.2 Å². The number of rotatable bonds is 6. The van der Waals surface area contributed by atoms with Gasteiger partial charge in [-0.1, -0.05) is 27.7 Å². The van der Waals surface area contributed by atoms with Gasteiger partial charge in [-0.15, -0.1) is 0 Å². The fourth-order valence-corrected chi connectivity index (χ4v) is 1.53. The second kappa shape index (κ2) is 6.82. The summed E-state index contributed by atoms with van der Waals surface area (Å²) >= 11 is 0. The van der Waals surface area contributed by atoms with E-state index in [2.05, 4.69) is 26.1 Å². The van der Waals surface area contributed by atoms with Crippen LogP contribution in [0.3, 0.4) is 0 Å². The van der Waals surface area contributed by atoms with Crippen LogP contribution in [0.4, 0.5) is 0 Å². The van der Waals surface area contributed by atoms with E-state index in [1.165, 1.54) is 7.11 Å². The van der Waals surface area contributed by atoms with Gasteiger partial charge in [0.25, 0.3) is 0 Å². The van der Waals surface area contributed by atoms with Crippen molar-refractivity contribution in [2.75, 3.05) is 7.11 Å². The van der Waals surface area contributed by atoms with Crippen molar-refractivity contribution in [3.8, 4) is 0 Å². The largest absolute Gasteiger partial charge is 0.468 e. The average molecular weight is 201 g/mol. The molecule has 0 spiro atoms. The number of carbonyl (C=O) groups excluding carboxylic acids is 1. The van der Waals surface area contributed by atoms with Gasteiger partial charge in [-0.3, -0.25) is 4.79 Å². The van der Waals surface area contributed by atoms with Crippen LogP contribution in [0.25, 0.3) is 0 Å². The third-order valence-electron chi connectivity index (χ3n) is 2.55. The Hall–Kier alpha value is -0.570. The molecule has 0 aliphatic rings. The molecule has 0 saturated heterocycles. The summed E-state index contributed by atoms with van der Waals surface area (Å²) in [6, 6.07) is 0.228. The first-order valence-corrected chi connectivity index (χ1v) is 5.40. The topological polar surface area (TPSA) is 38.3 Å². The molecule has 0 aromatic rings. The summed E-state index contributed by atoms with van der Waals surface area (Å²) in [5, 5.41) is 3.33. The quantitative estimate of drug-likeness (QED) is 0.668. The van der Waals surface area contributed by atoms with Gasteiger partial charge in [0, 0.05) is 6.04 Å². The van der Waals surface area contributed by atoms with Gasteiger partial charge >= 0.3 is 5.97 Å². The van der Waals surface area contributed by atoms with Crippen LogP contribution < -0.4 is 5.32 Å². The maximum atomic E-state index is 11.3. The zero-order chi connectivity index (χ0) is 11.1. The summed E-state index contributed by atoms with van der Waals surface area (Å²) in [6.45, 7) is 8.43. The molecular weight excluding hydrogens is 178 g/mol. The van der Waals surface area contributed by atoms with Crippen LogP contribution in [-0.4, -0.2) is 25.2 Å². The molecule has 0 amide bonds. The summed E-state index contributed by atoms with van der Waals surface area (Å²) < 4.78 is 4.73. The van der Waals surface area contributed by atoms with E-state index in [-0.39, 0.29) is 12.0 Å². The average Bonchev–Trinajstić information content (AvgIpc) is 2.18. The maximum Gasteiger partial charge on any atom is 0.322 e. The van der Waals surface area contributed by atoms with Gasteiger partial charge in [-0.2, -0.15) is 0 Å². The van der Waals surface area contributed by atoms with Crippen LogP contribution in [0, 0.1) is 5.92 Å². The van der Waals surface area contributed by atoms with E-state index >= 15 is 0 Å². The van der Waals surface area contributed by atoms with E-state index in [4.69, 9.17) is 4.74 Å². The van der Waals surface area contributed by atoms with Gasteiger partial charge in [-0.05, 0) is 18.8 Å². The molecule has 0 rings (SSSR count). The van der Waals surface area contributed by atoms with Crippen molar-refractivity contribution in [3.63, 3.8) is 0 Å². The van der Waals surface area contributed by atoms with Gasteiger partial charge in [0.15, 0.2) is 0 Å².